The van der Waals surface area contributed by atoms with Crippen molar-refractivity contribution in [1.82, 2.24) is 20.0 Å². The molecule has 0 aliphatic carbocycles. The van der Waals surface area contributed by atoms with Gasteiger partial charge >= 0.3 is 0 Å². The number of rotatable bonds is 3. The molecule has 0 bridgehead atoms. The molecule has 0 spiro atoms. The third kappa shape index (κ3) is 2.10. The zero-order chi connectivity index (χ0) is 13.5. The molecule has 0 aliphatic heterocycles. The van der Waals surface area contributed by atoms with Crippen molar-refractivity contribution in [3.63, 3.8) is 0 Å². The van der Waals surface area contributed by atoms with Crippen LogP contribution in [0, 0.1) is 20.8 Å². The van der Waals surface area contributed by atoms with Crippen molar-refractivity contribution in [3.05, 3.63) is 23.1 Å². The summed E-state index contributed by atoms with van der Waals surface area (Å²) in [5.74, 6) is 0.273. The summed E-state index contributed by atoms with van der Waals surface area (Å²) in [6.07, 6.45) is 0. The summed E-state index contributed by atoms with van der Waals surface area (Å²) in [5.41, 5.74) is 1.84. The maximum absolute atomic E-state index is 12.2. The number of hydrogen-bond acceptors (Lipinski definition) is 4. The molecular weight excluding hydrogens is 254 g/mol. The van der Waals surface area contributed by atoms with Gasteiger partial charge in [0.05, 0.1) is 11.4 Å². The third-order valence-corrected chi connectivity index (χ3v) is 4.26. The van der Waals surface area contributed by atoms with E-state index >= 15 is 0 Å². The molecule has 2 rings (SSSR count). The van der Waals surface area contributed by atoms with Crippen molar-refractivity contribution in [3.8, 4) is 0 Å². The van der Waals surface area contributed by atoms with E-state index < -0.39 is 10.0 Å². The molecule has 98 valence electrons. The van der Waals surface area contributed by atoms with Gasteiger partial charge in [-0.25, -0.2) is 8.42 Å². The fraction of sp³-hybridized carbons (Fsp3) is 0.400. The molecule has 2 heterocycles. The Morgan fingerprint density at radius 1 is 1.33 bits per heavy atom. The fourth-order valence-electron chi connectivity index (χ4n) is 1.80. The SMILES string of the molecule is Cc1cc(NS(=O)(=O)c2c(C)nn(C)c2C)n[nH]1. The summed E-state index contributed by atoms with van der Waals surface area (Å²) >= 11 is 0. The zero-order valence-corrected chi connectivity index (χ0v) is 11.5. The van der Waals surface area contributed by atoms with Gasteiger partial charge in [0.15, 0.2) is 5.82 Å². The number of nitrogens with one attached hydrogen (secondary N) is 2. The van der Waals surface area contributed by atoms with E-state index in [1.165, 1.54) is 0 Å². The minimum Gasteiger partial charge on any atom is -0.281 e. The maximum Gasteiger partial charge on any atom is 0.266 e. The van der Waals surface area contributed by atoms with E-state index in [9.17, 15) is 8.42 Å². The molecule has 2 aromatic rings. The van der Waals surface area contributed by atoms with E-state index in [0.29, 0.717) is 11.4 Å². The number of hydrogen-bond donors (Lipinski definition) is 2. The standard InChI is InChI=1S/C10H15N5O2S/c1-6-5-9(12-11-6)14-18(16,17)10-7(2)13-15(4)8(10)3/h5H,1-4H3,(H2,11,12,14). The van der Waals surface area contributed by atoms with Crippen LogP contribution in [-0.2, 0) is 17.1 Å². The monoisotopic (exact) mass is 269 g/mol. The fourth-order valence-corrected chi connectivity index (χ4v) is 3.23. The van der Waals surface area contributed by atoms with Gasteiger partial charge in [-0.2, -0.15) is 10.2 Å². The highest BCUT2D eigenvalue weighted by Gasteiger charge is 2.24. The van der Waals surface area contributed by atoms with Gasteiger partial charge in [0, 0.05) is 18.8 Å². The average molecular weight is 269 g/mol. The molecule has 0 aliphatic rings. The van der Waals surface area contributed by atoms with Crippen molar-refractivity contribution in [2.45, 2.75) is 25.7 Å². The summed E-state index contributed by atoms with van der Waals surface area (Å²) in [6.45, 7) is 5.17. The molecule has 0 saturated carbocycles. The Balaban J connectivity index is 2.43. The lowest BCUT2D eigenvalue weighted by Gasteiger charge is -2.05. The predicted molar refractivity (Wildman–Crippen MR) is 66.8 cm³/mol. The lowest BCUT2D eigenvalue weighted by molar-refractivity contribution is 0.599. The Kier molecular flexibility index (Phi) is 2.89. The molecule has 2 N–H and O–H groups in total. The van der Waals surface area contributed by atoms with Crippen LogP contribution in [0.4, 0.5) is 5.82 Å². The highest BCUT2D eigenvalue weighted by molar-refractivity contribution is 7.92. The van der Waals surface area contributed by atoms with Crippen molar-refractivity contribution in [2.24, 2.45) is 7.05 Å². The number of sulfonamides is 1. The van der Waals surface area contributed by atoms with Crippen LogP contribution in [0.5, 0.6) is 0 Å². The van der Waals surface area contributed by atoms with Crippen LogP contribution in [0.25, 0.3) is 0 Å². The Morgan fingerprint density at radius 2 is 2.00 bits per heavy atom. The van der Waals surface area contributed by atoms with E-state index in [1.54, 1.807) is 38.6 Å². The van der Waals surface area contributed by atoms with Gasteiger partial charge in [-0.3, -0.25) is 14.5 Å². The summed E-state index contributed by atoms with van der Waals surface area (Å²) in [6, 6.07) is 1.62. The quantitative estimate of drug-likeness (QED) is 0.864. The van der Waals surface area contributed by atoms with Crippen molar-refractivity contribution in [1.29, 1.82) is 0 Å². The normalized spacial score (nSPS) is 11.8. The van der Waals surface area contributed by atoms with Gasteiger partial charge in [0.2, 0.25) is 0 Å². The molecule has 0 aromatic carbocycles. The number of H-pyrrole nitrogens is 1. The summed E-state index contributed by atoms with van der Waals surface area (Å²) in [7, 11) is -1.95. The average Bonchev–Trinajstić information content (AvgIpc) is 2.72. The van der Waals surface area contributed by atoms with E-state index in [0.717, 1.165) is 5.69 Å². The summed E-state index contributed by atoms with van der Waals surface area (Å²) in [4.78, 5) is 0.200. The molecule has 0 amide bonds. The van der Waals surface area contributed by atoms with E-state index in [2.05, 4.69) is 20.0 Å². The van der Waals surface area contributed by atoms with Crippen molar-refractivity contribution < 1.29 is 8.42 Å². The second-order valence-corrected chi connectivity index (χ2v) is 5.78. The maximum atomic E-state index is 12.2. The molecule has 18 heavy (non-hydrogen) atoms. The molecule has 8 heteroatoms. The first-order valence-corrected chi connectivity index (χ1v) is 6.84. The Morgan fingerprint density at radius 3 is 2.44 bits per heavy atom. The van der Waals surface area contributed by atoms with E-state index in [1.807, 2.05) is 0 Å². The smallest absolute Gasteiger partial charge is 0.266 e. The van der Waals surface area contributed by atoms with E-state index in [-0.39, 0.29) is 10.7 Å². The van der Waals surface area contributed by atoms with Crippen LogP contribution in [0.3, 0.4) is 0 Å². The molecule has 0 saturated heterocycles. The third-order valence-electron chi connectivity index (χ3n) is 2.66. The van der Waals surface area contributed by atoms with Crippen LogP contribution >= 0.6 is 0 Å². The second-order valence-electron chi connectivity index (χ2n) is 4.17. The highest BCUT2D eigenvalue weighted by Crippen LogP contribution is 2.21. The van der Waals surface area contributed by atoms with Crippen LogP contribution in [0.1, 0.15) is 17.1 Å². The van der Waals surface area contributed by atoms with Gasteiger partial charge in [-0.1, -0.05) is 0 Å². The topological polar surface area (TPSA) is 92.7 Å². The van der Waals surface area contributed by atoms with Gasteiger partial charge in [0.25, 0.3) is 10.0 Å². The summed E-state index contributed by atoms with van der Waals surface area (Å²) in [5, 5.41) is 10.6. The first-order chi connectivity index (χ1) is 8.31. The lowest BCUT2D eigenvalue weighted by Crippen LogP contribution is -2.15. The number of aromatic amines is 1. The van der Waals surface area contributed by atoms with Gasteiger partial charge in [-0.05, 0) is 20.8 Å². The van der Waals surface area contributed by atoms with Gasteiger partial charge in [-0.15, -0.1) is 0 Å². The first-order valence-electron chi connectivity index (χ1n) is 5.36. The first kappa shape index (κ1) is 12.6. The molecule has 0 unspecified atom stereocenters. The minimum absolute atomic E-state index is 0.200. The second kappa shape index (κ2) is 4.13. The van der Waals surface area contributed by atoms with Crippen LogP contribution in [-0.4, -0.2) is 28.4 Å². The number of aryl methyl sites for hydroxylation is 3. The van der Waals surface area contributed by atoms with Crippen molar-refractivity contribution >= 4 is 15.8 Å². The Labute approximate surface area is 105 Å². The Bertz CT molecular complexity index is 683. The number of anilines is 1. The number of aromatic nitrogens is 4. The zero-order valence-electron chi connectivity index (χ0n) is 10.6. The molecule has 0 fully saturated rings. The van der Waals surface area contributed by atoms with Gasteiger partial charge in [0.1, 0.15) is 4.90 Å². The highest BCUT2D eigenvalue weighted by atomic mass is 32.2. The molecule has 0 radical (unpaired) electrons. The van der Waals surface area contributed by atoms with Crippen LogP contribution in [0.2, 0.25) is 0 Å². The minimum atomic E-state index is -3.66. The van der Waals surface area contributed by atoms with E-state index in [4.69, 9.17) is 0 Å². The summed E-state index contributed by atoms with van der Waals surface area (Å²) < 4.78 is 28.5. The molecule has 2 aromatic heterocycles. The van der Waals surface area contributed by atoms with Crippen LogP contribution < -0.4 is 4.72 Å². The molecule has 7 nitrogen and oxygen atoms in total. The molecule has 0 atom stereocenters. The van der Waals surface area contributed by atoms with Gasteiger partial charge < -0.3 is 0 Å². The number of nitrogens with zero attached hydrogens (tertiary/aromatic N) is 3. The largest absolute Gasteiger partial charge is 0.281 e. The van der Waals surface area contributed by atoms with Crippen LogP contribution in [0.15, 0.2) is 11.0 Å². The molecular formula is C10H15N5O2S. The van der Waals surface area contributed by atoms with Crippen molar-refractivity contribution in [2.75, 3.05) is 4.72 Å². The lowest BCUT2D eigenvalue weighted by atomic mass is 10.4. The Hall–Kier alpha value is -1.83. The predicted octanol–water partition coefficient (Wildman–Crippen LogP) is 0.869.